The zero-order chi connectivity index (χ0) is 24.4. The number of aryl methyl sites for hydroxylation is 1. The number of thiophene rings is 1. The Balaban J connectivity index is 1.67. The summed E-state index contributed by atoms with van der Waals surface area (Å²) in [5.74, 6) is -1.01. The van der Waals surface area contributed by atoms with Gasteiger partial charge in [-0.25, -0.2) is 12.8 Å². The highest BCUT2D eigenvalue weighted by Gasteiger charge is 2.23. The fraction of sp³-hybridized carbons (Fsp3) is 0.217. The Bertz CT molecular complexity index is 1280. The van der Waals surface area contributed by atoms with Crippen LogP contribution in [0.25, 0.3) is 0 Å². The van der Waals surface area contributed by atoms with Crippen molar-refractivity contribution in [2.24, 2.45) is 5.41 Å². The second kappa shape index (κ2) is 9.32. The molecular weight excluding hydrogens is 465 g/mol. The molecule has 3 N–H and O–H groups in total. The summed E-state index contributed by atoms with van der Waals surface area (Å²) in [6.07, 6.45) is 0. The number of nitrogens with one attached hydrogen (secondary N) is 3. The van der Waals surface area contributed by atoms with Crippen LogP contribution in [0.3, 0.4) is 0 Å². The molecule has 10 heteroatoms. The largest absolute Gasteiger partial charge is 0.321 e. The number of halogens is 1. The number of hydrogen-bond donors (Lipinski definition) is 3. The van der Waals surface area contributed by atoms with E-state index in [0.717, 1.165) is 17.7 Å². The third-order valence-corrected chi connectivity index (χ3v) is 7.11. The van der Waals surface area contributed by atoms with Crippen molar-refractivity contribution < 1.29 is 22.4 Å². The van der Waals surface area contributed by atoms with Crippen LogP contribution in [0.15, 0.2) is 59.5 Å². The number of hydrogen-bond acceptors (Lipinski definition) is 5. The van der Waals surface area contributed by atoms with E-state index in [9.17, 15) is 22.4 Å². The molecule has 0 spiro atoms. The van der Waals surface area contributed by atoms with Crippen LogP contribution >= 0.6 is 11.3 Å². The fourth-order valence-electron chi connectivity index (χ4n) is 2.71. The molecule has 0 bridgehead atoms. The van der Waals surface area contributed by atoms with Gasteiger partial charge in [-0.05, 0) is 67.1 Å². The Labute approximate surface area is 196 Å². The molecule has 3 rings (SSSR count). The summed E-state index contributed by atoms with van der Waals surface area (Å²) in [5.41, 5.74) is 0.931. The standard InChI is InChI=1S/C23H24FN3O4S2/c1-14-13-19(26-22(29)23(2,3)4)32-20(14)21(28)25-16-7-9-17(10-8-16)27-33(30,31)18-11-5-15(24)6-12-18/h5-13,27H,1-4H3,(H,25,28)(H,26,29). The maximum atomic E-state index is 13.0. The molecule has 174 valence electrons. The van der Waals surface area contributed by atoms with Gasteiger partial charge in [0.05, 0.1) is 14.8 Å². The molecule has 1 heterocycles. The molecule has 0 atom stereocenters. The molecular formula is C23H24FN3O4S2. The van der Waals surface area contributed by atoms with Crippen molar-refractivity contribution >= 4 is 49.6 Å². The van der Waals surface area contributed by atoms with E-state index in [4.69, 9.17) is 0 Å². The number of benzene rings is 2. The van der Waals surface area contributed by atoms with Crippen molar-refractivity contribution in [3.05, 3.63) is 70.9 Å². The normalized spacial score (nSPS) is 11.7. The van der Waals surface area contributed by atoms with E-state index in [1.165, 1.54) is 35.6 Å². The van der Waals surface area contributed by atoms with Crippen molar-refractivity contribution in [2.45, 2.75) is 32.6 Å². The van der Waals surface area contributed by atoms with Crippen LogP contribution in [-0.4, -0.2) is 20.2 Å². The Hall–Kier alpha value is -3.24. The maximum Gasteiger partial charge on any atom is 0.266 e. The van der Waals surface area contributed by atoms with Crippen LogP contribution in [0.5, 0.6) is 0 Å². The topological polar surface area (TPSA) is 104 Å². The predicted octanol–water partition coefficient (Wildman–Crippen LogP) is 5.23. The Morgan fingerprint density at radius 3 is 2.06 bits per heavy atom. The lowest BCUT2D eigenvalue weighted by Crippen LogP contribution is -2.27. The smallest absolute Gasteiger partial charge is 0.266 e. The number of rotatable bonds is 6. The first-order chi connectivity index (χ1) is 15.3. The first-order valence-electron chi connectivity index (χ1n) is 9.97. The SMILES string of the molecule is Cc1cc(NC(=O)C(C)(C)C)sc1C(=O)Nc1ccc(NS(=O)(=O)c2ccc(F)cc2)cc1. The number of sulfonamides is 1. The average molecular weight is 490 g/mol. The summed E-state index contributed by atoms with van der Waals surface area (Å²) in [6, 6.07) is 12.4. The van der Waals surface area contributed by atoms with E-state index in [1.807, 2.05) is 0 Å². The highest BCUT2D eigenvalue weighted by molar-refractivity contribution is 7.92. The first-order valence-corrected chi connectivity index (χ1v) is 12.3. The number of anilines is 3. The van der Waals surface area contributed by atoms with Gasteiger partial charge in [0, 0.05) is 16.8 Å². The lowest BCUT2D eigenvalue weighted by molar-refractivity contribution is -0.123. The predicted molar refractivity (Wildman–Crippen MR) is 129 cm³/mol. The second-order valence-corrected chi connectivity index (χ2v) is 11.2. The molecule has 0 radical (unpaired) electrons. The minimum atomic E-state index is -3.87. The number of amides is 2. The van der Waals surface area contributed by atoms with Gasteiger partial charge in [-0.3, -0.25) is 14.3 Å². The molecule has 0 unspecified atom stereocenters. The zero-order valence-electron chi connectivity index (χ0n) is 18.5. The van der Waals surface area contributed by atoms with Gasteiger partial charge in [-0.1, -0.05) is 20.8 Å². The molecule has 0 aliphatic rings. The van der Waals surface area contributed by atoms with Crippen molar-refractivity contribution in [1.29, 1.82) is 0 Å². The zero-order valence-corrected chi connectivity index (χ0v) is 20.2. The minimum absolute atomic E-state index is 0.0659. The second-order valence-electron chi connectivity index (χ2n) is 8.42. The highest BCUT2D eigenvalue weighted by atomic mass is 32.2. The van der Waals surface area contributed by atoms with Gasteiger partial charge in [-0.2, -0.15) is 0 Å². The van der Waals surface area contributed by atoms with E-state index in [-0.39, 0.29) is 22.4 Å². The average Bonchev–Trinajstić information content (AvgIpc) is 3.09. The lowest BCUT2D eigenvalue weighted by atomic mass is 9.96. The van der Waals surface area contributed by atoms with Gasteiger partial charge >= 0.3 is 0 Å². The third-order valence-electron chi connectivity index (χ3n) is 4.56. The van der Waals surface area contributed by atoms with Gasteiger partial charge in [0.1, 0.15) is 5.82 Å². The van der Waals surface area contributed by atoms with Crippen LogP contribution in [0.2, 0.25) is 0 Å². The summed E-state index contributed by atoms with van der Waals surface area (Å²) in [7, 11) is -3.87. The maximum absolute atomic E-state index is 13.0. The van der Waals surface area contributed by atoms with Gasteiger partial charge in [0.2, 0.25) is 5.91 Å². The summed E-state index contributed by atoms with van der Waals surface area (Å²) in [4.78, 5) is 25.3. The monoisotopic (exact) mass is 489 g/mol. The summed E-state index contributed by atoms with van der Waals surface area (Å²) >= 11 is 1.18. The van der Waals surface area contributed by atoms with Crippen LogP contribution < -0.4 is 15.4 Å². The van der Waals surface area contributed by atoms with Gasteiger partial charge in [0.15, 0.2) is 0 Å². The Kier molecular flexibility index (Phi) is 6.89. The molecule has 7 nitrogen and oxygen atoms in total. The lowest BCUT2D eigenvalue weighted by Gasteiger charge is -2.16. The molecule has 0 aliphatic heterocycles. The summed E-state index contributed by atoms with van der Waals surface area (Å²) < 4.78 is 40.3. The molecule has 0 saturated heterocycles. The highest BCUT2D eigenvalue weighted by Crippen LogP contribution is 2.29. The van der Waals surface area contributed by atoms with Crippen molar-refractivity contribution in [3.8, 4) is 0 Å². The molecule has 2 amide bonds. The van der Waals surface area contributed by atoms with Crippen LogP contribution in [0.1, 0.15) is 36.0 Å². The van der Waals surface area contributed by atoms with Crippen LogP contribution in [0.4, 0.5) is 20.8 Å². The van der Waals surface area contributed by atoms with E-state index in [2.05, 4.69) is 15.4 Å². The van der Waals surface area contributed by atoms with Crippen LogP contribution in [-0.2, 0) is 14.8 Å². The van der Waals surface area contributed by atoms with Crippen molar-refractivity contribution in [3.63, 3.8) is 0 Å². The van der Waals surface area contributed by atoms with E-state index < -0.39 is 21.3 Å². The van der Waals surface area contributed by atoms with Gasteiger partial charge in [-0.15, -0.1) is 11.3 Å². The quantitative estimate of drug-likeness (QED) is 0.441. The molecule has 0 fully saturated rings. The van der Waals surface area contributed by atoms with Crippen LogP contribution in [0, 0.1) is 18.2 Å². The molecule has 0 aliphatic carbocycles. The Morgan fingerprint density at radius 2 is 1.48 bits per heavy atom. The molecule has 0 saturated carbocycles. The number of carbonyl (C=O) groups is 2. The van der Waals surface area contributed by atoms with E-state index in [1.54, 1.807) is 45.9 Å². The molecule has 2 aromatic carbocycles. The van der Waals surface area contributed by atoms with Gasteiger partial charge < -0.3 is 10.6 Å². The minimum Gasteiger partial charge on any atom is -0.321 e. The Morgan fingerprint density at radius 1 is 0.909 bits per heavy atom. The fourth-order valence-corrected chi connectivity index (χ4v) is 4.73. The van der Waals surface area contributed by atoms with Crippen molar-refractivity contribution in [2.75, 3.05) is 15.4 Å². The molecule has 1 aromatic heterocycles. The summed E-state index contributed by atoms with van der Waals surface area (Å²) in [6.45, 7) is 7.20. The first kappa shape index (κ1) is 24.4. The summed E-state index contributed by atoms with van der Waals surface area (Å²) in [5, 5.41) is 6.17. The third kappa shape index (κ3) is 6.17. The van der Waals surface area contributed by atoms with E-state index >= 15 is 0 Å². The molecule has 33 heavy (non-hydrogen) atoms. The van der Waals surface area contributed by atoms with E-state index in [0.29, 0.717) is 15.6 Å². The molecule has 3 aromatic rings. The van der Waals surface area contributed by atoms with Crippen molar-refractivity contribution in [1.82, 2.24) is 0 Å². The van der Waals surface area contributed by atoms with Gasteiger partial charge in [0.25, 0.3) is 15.9 Å². The number of carbonyl (C=O) groups excluding carboxylic acids is 2.